The van der Waals surface area contributed by atoms with Gasteiger partial charge in [0.25, 0.3) is 0 Å². The lowest BCUT2D eigenvalue weighted by atomic mass is 10.6. The Kier molecular flexibility index (Phi) is 5.53. The summed E-state index contributed by atoms with van der Waals surface area (Å²) in [5.41, 5.74) is 5.14. The van der Waals surface area contributed by atoms with Crippen LogP contribution in [0.4, 0.5) is 11.9 Å². The molecule has 0 unspecified atom stereocenters. The molecule has 2 heterocycles. The number of nitrogen functional groups attached to an aromatic ring is 1. The molecule has 0 fully saturated rings. The molecule has 0 spiro atoms. The van der Waals surface area contributed by atoms with Crippen LogP contribution in [-0.2, 0) is 0 Å². The van der Waals surface area contributed by atoms with Gasteiger partial charge in [-0.1, -0.05) is 5.92 Å². The van der Waals surface area contributed by atoms with Gasteiger partial charge in [0.1, 0.15) is 0 Å². The number of hydrogen-bond acceptors (Lipinski definition) is 6. The van der Waals surface area contributed by atoms with Crippen LogP contribution in [0.15, 0.2) is 36.9 Å². The van der Waals surface area contributed by atoms with Crippen LogP contribution >= 0.6 is 0 Å². The van der Waals surface area contributed by atoms with E-state index >= 15 is 0 Å². The quantitative estimate of drug-likeness (QED) is 0.731. The van der Waals surface area contributed by atoms with Crippen molar-refractivity contribution in [1.29, 1.82) is 0 Å². The highest BCUT2D eigenvalue weighted by molar-refractivity contribution is 5.24. The third kappa shape index (κ3) is 5.69. The molecule has 0 radical (unpaired) electrons. The van der Waals surface area contributed by atoms with Crippen LogP contribution in [-0.4, -0.2) is 26.5 Å². The van der Waals surface area contributed by atoms with Crippen molar-refractivity contribution in [3.63, 3.8) is 0 Å². The molecule has 2 aromatic heterocycles. The number of aromatic nitrogens is 4. The first kappa shape index (κ1) is 12.4. The van der Waals surface area contributed by atoms with E-state index in [1.807, 2.05) is 0 Å². The van der Waals surface area contributed by atoms with Crippen molar-refractivity contribution in [2.75, 3.05) is 17.6 Å². The Balaban J connectivity index is 0.000000181. The zero-order valence-electron chi connectivity index (χ0n) is 9.11. The van der Waals surface area contributed by atoms with E-state index in [0.29, 0.717) is 18.4 Å². The van der Waals surface area contributed by atoms with E-state index in [1.54, 1.807) is 36.9 Å². The summed E-state index contributed by atoms with van der Waals surface area (Å²) >= 11 is 0. The van der Waals surface area contributed by atoms with Gasteiger partial charge in [0.05, 0.1) is 6.54 Å². The number of nitrogens with one attached hydrogen (secondary N) is 1. The van der Waals surface area contributed by atoms with E-state index in [0.717, 1.165) is 0 Å². The van der Waals surface area contributed by atoms with Crippen molar-refractivity contribution in [3.05, 3.63) is 36.9 Å². The third-order valence-corrected chi connectivity index (χ3v) is 1.50. The number of hydrogen-bond donors (Lipinski definition) is 2. The summed E-state index contributed by atoms with van der Waals surface area (Å²) in [5.74, 6) is 3.32. The minimum Gasteiger partial charge on any atom is -0.368 e. The molecule has 2 aromatic rings. The van der Waals surface area contributed by atoms with Crippen LogP contribution in [0.2, 0.25) is 0 Å². The SMILES string of the molecule is C#CCNc1ncccn1.Nc1ncccn1. The second-order valence-electron chi connectivity index (χ2n) is 2.74. The minimum atomic E-state index is 0.322. The first-order valence-corrected chi connectivity index (χ1v) is 4.80. The molecule has 0 amide bonds. The second kappa shape index (κ2) is 7.59. The van der Waals surface area contributed by atoms with Gasteiger partial charge in [0.15, 0.2) is 0 Å². The zero-order valence-corrected chi connectivity index (χ0v) is 9.11. The summed E-state index contributed by atoms with van der Waals surface area (Å²) in [7, 11) is 0. The number of anilines is 2. The number of rotatable bonds is 2. The zero-order chi connectivity index (χ0) is 12.3. The molecule has 0 aliphatic heterocycles. The maximum atomic E-state index is 5.14. The van der Waals surface area contributed by atoms with E-state index in [1.165, 1.54) is 0 Å². The predicted octanol–water partition coefficient (Wildman–Crippen LogP) is 0.580. The Labute approximate surface area is 99.4 Å². The highest BCUT2D eigenvalue weighted by Gasteiger charge is 1.86. The van der Waals surface area contributed by atoms with Gasteiger partial charge in [-0.3, -0.25) is 0 Å². The van der Waals surface area contributed by atoms with E-state index < -0.39 is 0 Å². The minimum absolute atomic E-state index is 0.322. The number of nitrogens with zero attached hydrogens (tertiary/aromatic N) is 4. The highest BCUT2D eigenvalue weighted by Crippen LogP contribution is 1.90. The van der Waals surface area contributed by atoms with E-state index in [9.17, 15) is 0 Å². The highest BCUT2D eigenvalue weighted by atomic mass is 15.1. The summed E-state index contributed by atoms with van der Waals surface area (Å²) in [5, 5.41) is 2.84. The standard InChI is InChI=1S/C7H7N3.C4H5N3/c1-2-4-8-7-9-5-3-6-10-7;5-4-6-2-1-3-7-4/h1,3,5-6H,4H2,(H,8,9,10);1-3H,(H2,5,6,7). The van der Waals surface area contributed by atoms with Gasteiger partial charge in [-0.15, -0.1) is 6.42 Å². The Bertz CT molecular complexity index is 450. The third-order valence-electron chi connectivity index (χ3n) is 1.50. The average Bonchev–Trinajstić information content (AvgIpc) is 2.39. The molecule has 17 heavy (non-hydrogen) atoms. The fourth-order valence-electron chi connectivity index (χ4n) is 0.831. The molecular weight excluding hydrogens is 216 g/mol. The second-order valence-corrected chi connectivity index (χ2v) is 2.74. The van der Waals surface area contributed by atoms with Gasteiger partial charge in [-0.05, 0) is 12.1 Å². The van der Waals surface area contributed by atoms with Crippen LogP contribution in [0, 0.1) is 12.3 Å². The Morgan fingerprint density at radius 1 is 1.06 bits per heavy atom. The van der Waals surface area contributed by atoms with Gasteiger partial charge >= 0.3 is 0 Å². The fraction of sp³-hybridized carbons (Fsp3) is 0.0909. The Hall–Kier alpha value is -2.68. The average molecular weight is 228 g/mol. The summed E-state index contributed by atoms with van der Waals surface area (Å²) in [6.45, 7) is 0.462. The molecule has 0 bridgehead atoms. The molecule has 0 saturated heterocycles. The van der Waals surface area contributed by atoms with Gasteiger partial charge in [-0.2, -0.15) is 0 Å². The summed E-state index contributed by atoms with van der Waals surface area (Å²) in [6, 6.07) is 3.47. The normalized spacial score (nSPS) is 8.41. The molecule has 0 saturated carbocycles. The first-order valence-electron chi connectivity index (χ1n) is 4.80. The molecule has 2 rings (SSSR count). The van der Waals surface area contributed by atoms with Gasteiger partial charge < -0.3 is 11.1 Å². The summed E-state index contributed by atoms with van der Waals surface area (Å²) < 4.78 is 0. The van der Waals surface area contributed by atoms with E-state index in [4.69, 9.17) is 12.2 Å². The van der Waals surface area contributed by atoms with Crippen molar-refractivity contribution in [1.82, 2.24) is 19.9 Å². The van der Waals surface area contributed by atoms with E-state index in [-0.39, 0.29) is 0 Å². The van der Waals surface area contributed by atoms with Crippen LogP contribution < -0.4 is 11.1 Å². The molecule has 0 atom stereocenters. The van der Waals surface area contributed by atoms with Crippen molar-refractivity contribution < 1.29 is 0 Å². The van der Waals surface area contributed by atoms with Crippen LogP contribution in [0.5, 0.6) is 0 Å². The number of terminal acetylenes is 1. The molecule has 0 aromatic carbocycles. The van der Waals surface area contributed by atoms with Crippen LogP contribution in [0.25, 0.3) is 0 Å². The smallest absolute Gasteiger partial charge is 0.223 e. The van der Waals surface area contributed by atoms with Gasteiger partial charge in [-0.25, -0.2) is 19.9 Å². The van der Waals surface area contributed by atoms with Gasteiger partial charge in [0.2, 0.25) is 11.9 Å². The molecule has 6 nitrogen and oxygen atoms in total. The fourth-order valence-corrected chi connectivity index (χ4v) is 0.831. The van der Waals surface area contributed by atoms with Crippen LogP contribution in [0.1, 0.15) is 0 Å². The van der Waals surface area contributed by atoms with Crippen LogP contribution in [0.3, 0.4) is 0 Å². The van der Waals surface area contributed by atoms with Crippen molar-refractivity contribution >= 4 is 11.9 Å². The lowest BCUT2D eigenvalue weighted by Gasteiger charge is -1.96. The first-order chi connectivity index (χ1) is 8.33. The Morgan fingerprint density at radius 3 is 2.00 bits per heavy atom. The molecule has 6 heteroatoms. The summed E-state index contributed by atoms with van der Waals surface area (Å²) in [6.07, 6.45) is 11.5. The van der Waals surface area contributed by atoms with Crippen molar-refractivity contribution in [2.45, 2.75) is 0 Å². The van der Waals surface area contributed by atoms with Crippen molar-refractivity contribution in [2.24, 2.45) is 0 Å². The monoisotopic (exact) mass is 228 g/mol. The topological polar surface area (TPSA) is 89.6 Å². The number of nitrogens with two attached hydrogens (primary N) is 1. The predicted molar refractivity (Wildman–Crippen MR) is 65.8 cm³/mol. The maximum Gasteiger partial charge on any atom is 0.223 e. The molecule has 0 aliphatic carbocycles. The molecular formula is C11H12N6. The lowest BCUT2D eigenvalue weighted by molar-refractivity contribution is 1.13. The molecule has 0 aliphatic rings. The van der Waals surface area contributed by atoms with Gasteiger partial charge in [0, 0.05) is 24.8 Å². The Morgan fingerprint density at radius 2 is 1.59 bits per heavy atom. The molecule has 86 valence electrons. The summed E-state index contributed by atoms with van der Waals surface area (Å²) in [4.78, 5) is 15.1. The van der Waals surface area contributed by atoms with Crippen molar-refractivity contribution in [3.8, 4) is 12.3 Å². The molecule has 3 N–H and O–H groups in total. The maximum absolute atomic E-state index is 5.14. The largest absolute Gasteiger partial charge is 0.368 e. The lowest BCUT2D eigenvalue weighted by Crippen LogP contribution is -2.01. The van der Waals surface area contributed by atoms with E-state index in [2.05, 4.69) is 31.2 Å².